The summed E-state index contributed by atoms with van der Waals surface area (Å²) in [7, 11) is 1.37. The SMILES string of the molecule is C=CN(/N=C(\N)CO)c1ncc(OC)c2c(C(=O)C(=O)O)c[nH]c12. The number of fused-ring (bicyclic) bond motifs is 1. The molecule has 0 aromatic carbocycles. The summed E-state index contributed by atoms with van der Waals surface area (Å²) in [6.07, 6.45) is 3.84. The molecule has 0 saturated heterocycles. The second kappa shape index (κ2) is 6.79. The number of carboxylic acids is 1. The lowest BCUT2D eigenvalue weighted by atomic mass is 10.1. The van der Waals surface area contributed by atoms with Gasteiger partial charge in [0.1, 0.15) is 18.2 Å². The molecule has 0 bridgehead atoms. The minimum absolute atomic E-state index is 0.0823. The molecule has 0 unspecified atom stereocenters. The predicted octanol–water partition coefficient (Wildman–Crippen LogP) is 0.0532. The van der Waals surface area contributed by atoms with Crippen LogP contribution in [0.3, 0.4) is 0 Å². The van der Waals surface area contributed by atoms with Crippen molar-refractivity contribution in [2.45, 2.75) is 0 Å². The van der Waals surface area contributed by atoms with Crippen LogP contribution in [0.2, 0.25) is 0 Å². The van der Waals surface area contributed by atoms with E-state index in [4.69, 9.17) is 20.7 Å². The van der Waals surface area contributed by atoms with E-state index in [1.807, 2.05) is 0 Å². The number of aliphatic hydroxyl groups is 1. The van der Waals surface area contributed by atoms with Crippen molar-refractivity contribution in [2.24, 2.45) is 10.8 Å². The number of carboxylic acid groups (broad SMARTS) is 1. The Kier molecular flexibility index (Phi) is 4.80. The van der Waals surface area contributed by atoms with Crippen LogP contribution < -0.4 is 15.5 Å². The minimum Gasteiger partial charge on any atom is -0.494 e. The number of nitrogens with zero attached hydrogens (tertiary/aromatic N) is 3. The summed E-state index contributed by atoms with van der Waals surface area (Å²) in [4.78, 5) is 29.8. The van der Waals surface area contributed by atoms with Gasteiger partial charge in [-0.3, -0.25) is 4.79 Å². The molecule has 2 rings (SSSR count). The Morgan fingerprint density at radius 3 is 2.83 bits per heavy atom. The number of aliphatic carboxylic acids is 1. The van der Waals surface area contributed by atoms with E-state index in [0.717, 1.165) is 0 Å². The van der Waals surface area contributed by atoms with Crippen LogP contribution in [0.15, 0.2) is 30.3 Å². The summed E-state index contributed by atoms with van der Waals surface area (Å²) in [5.74, 6) is -2.38. The van der Waals surface area contributed by atoms with E-state index < -0.39 is 18.4 Å². The van der Waals surface area contributed by atoms with Crippen LogP contribution >= 0.6 is 0 Å². The molecule has 126 valence electrons. The van der Waals surface area contributed by atoms with Crippen molar-refractivity contribution in [1.29, 1.82) is 0 Å². The first-order valence-corrected chi connectivity index (χ1v) is 6.61. The molecule has 0 aliphatic rings. The number of aromatic amines is 1. The van der Waals surface area contributed by atoms with Crippen LogP contribution in [0.5, 0.6) is 5.75 Å². The van der Waals surface area contributed by atoms with Crippen molar-refractivity contribution in [2.75, 3.05) is 18.7 Å². The molecule has 2 aromatic heterocycles. The molecule has 0 aliphatic heterocycles. The van der Waals surface area contributed by atoms with Gasteiger partial charge in [-0.15, -0.1) is 0 Å². The number of H-pyrrole nitrogens is 1. The quantitative estimate of drug-likeness (QED) is 0.182. The van der Waals surface area contributed by atoms with E-state index in [-0.39, 0.29) is 28.4 Å². The number of ether oxygens (including phenoxy) is 1. The summed E-state index contributed by atoms with van der Waals surface area (Å²) < 4.78 is 5.15. The number of hydrazone groups is 1. The fraction of sp³-hybridized carbons (Fsp3) is 0.143. The monoisotopic (exact) mass is 333 g/mol. The number of rotatable bonds is 7. The first-order chi connectivity index (χ1) is 11.4. The Morgan fingerprint density at radius 2 is 2.29 bits per heavy atom. The number of nitrogens with one attached hydrogen (secondary N) is 1. The van der Waals surface area contributed by atoms with Crippen LogP contribution in [0.4, 0.5) is 5.82 Å². The Labute approximate surface area is 135 Å². The average Bonchev–Trinajstić information content (AvgIpc) is 3.03. The third kappa shape index (κ3) is 2.90. The van der Waals surface area contributed by atoms with Crippen LogP contribution in [0.1, 0.15) is 10.4 Å². The number of methoxy groups -OCH3 is 1. The maximum absolute atomic E-state index is 11.9. The second-order valence-corrected chi connectivity index (χ2v) is 4.51. The van der Waals surface area contributed by atoms with Crippen molar-refractivity contribution in [1.82, 2.24) is 9.97 Å². The van der Waals surface area contributed by atoms with E-state index in [9.17, 15) is 9.59 Å². The van der Waals surface area contributed by atoms with Crippen molar-refractivity contribution in [3.63, 3.8) is 0 Å². The number of aromatic nitrogens is 2. The molecule has 0 saturated carbocycles. The third-order valence-electron chi connectivity index (χ3n) is 3.10. The molecule has 24 heavy (non-hydrogen) atoms. The number of pyridine rings is 1. The Bertz CT molecular complexity index is 841. The Hall–Kier alpha value is -3.40. The van der Waals surface area contributed by atoms with Crippen molar-refractivity contribution < 1.29 is 24.5 Å². The highest BCUT2D eigenvalue weighted by atomic mass is 16.5. The van der Waals surface area contributed by atoms with Crippen molar-refractivity contribution >= 4 is 34.3 Å². The molecule has 10 nitrogen and oxygen atoms in total. The van der Waals surface area contributed by atoms with E-state index in [1.165, 1.54) is 30.7 Å². The molecular weight excluding hydrogens is 318 g/mol. The predicted molar refractivity (Wildman–Crippen MR) is 86.0 cm³/mol. The fourth-order valence-corrected chi connectivity index (χ4v) is 2.07. The summed E-state index contributed by atoms with van der Waals surface area (Å²) in [5, 5.41) is 23.3. The topological polar surface area (TPSA) is 154 Å². The molecule has 0 spiro atoms. The highest BCUT2D eigenvalue weighted by Crippen LogP contribution is 2.34. The van der Waals surface area contributed by atoms with Crippen LogP contribution in [-0.4, -0.2) is 51.5 Å². The number of hydrogen-bond donors (Lipinski definition) is 4. The van der Waals surface area contributed by atoms with Crippen LogP contribution in [0, 0.1) is 0 Å². The molecule has 0 amide bonds. The highest BCUT2D eigenvalue weighted by Gasteiger charge is 2.24. The molecule has 2 aromatic rings. The zero-order valence-electron chi connectivity index (χ0n) is 12.7. The fourth-order valence-electron chi connectivity index (χ4n) is 2.07. The van der Waals surface area contributed by atoms with E-state index in [2.05, 4.69) is 21.6 Å². The van der Waals surface area contributed by atoms with Gasteiger partial charge in [0.2, 0.25) is 0 Å². The molecule has 0 atom stereocenters. The normalized spacial score (nSPS) is 11.3. The van der Waals surface area contributed by atoms with Gasteiger partial charge in [-0.2, -0.15) is 5.10 Å². The first-order valence-electron chi connectivity index (χ1n) is 6.61. The number of ketones is 1. The summed E-state index contributed by atoms with van der Waals surface area (Å²) >= 11 is 0. The summed E-state index contributed by atoms with van der Waals surface area (Å²) in [6, 6.07) is 0. The van der Waals surface area contributed by atoms with Gasteiger partial charge < -0.3 is 25.7 Å². The molecule has 10 heteroatoms. The van der Waals surface area contributed by atoms with Gasteiger partial charge in [-0.05, 0) is 0 Å². The second-order valence-electron chi connectivity index (χ2n) is 4.51. The first kappa shape index (κ1) is 17.0. The molecule has 0 fully saturated rings. The maximum Gasteiger partial charge on any atom is 0.377 e. The van der Waals surface area contributed by atoms with Gasteiger partial charge in [-0.25, -0.2) is 14.8 Å². The lowest BCUT2D eigenvalue weighted by Gasteiger charge is -2.15. The third-order valence-corrected chi connectivity index (χ3v) is 3.10. The number of carbonyl (C=O) groups excluding carboxylic acids is 1. The highest BCUT2D eigenvalue weighted by molar-refractivity contribution is 6.42. The lowest BCUT2D eigenvalue weighted by Crippen LogP contribution is -2.22. The van der Waals surface area contributed by atoms with Gasteiger partial charge >= 0.3 is 5.97 Å². The smallest absolute Gasteiger partial charge is 0.377 e. The van der Waals surface area contributed by atoms with Gasteiger partial charge in [0.15, 0.2) is 5.82 Å². The number of hydrogen-bond acceptors (Lipinski definition) is 7. The molecule has 0 aliphatic carbocycles. The van der Waals surface area contributed by atoms with E-state index in [0.29, 0.717) is 5.52 Å². The summed E-state index contributed by atoms with van der Waals surface area (Å²) in [6.45, 7) is 3.10. The molecular formula is C14H15N5O5. The number of amidine groups is 1. The minimum atomic E-state index is -1.60. The number of nitrogens with two attached hydrogens (primary N) is 1. The number of carbonyl (C=O) groups is 2. The molecule has 5 N–H and O–H groups in total. The maximum atomic E-state index is 11.9. The van der Waals surface area contributed by atoms with Crippen molar-refractivity contribution in [3.05, 3.63) is 30.7 Å². The van der Waals surface area contributed by atoms with Gasteiger partial charge in [0, 0.05) is 12.4 Å². The number of Topliss-reactive ketones (excluding diaryl/α,β-unsaturated/α-hetero) is 1. The molecule has 2 heterocycles. The molecule has 0 radical (unpaired) electrons. The zero-order chi connectivity index (χ0) is 17.9. The van der Waals surface area contributed by atoms with E-state index in [1.54, 1.807) is 0 Å². The Morgan fingerprint density at radius 1 is 1.58 bits per heavy atom. The largest absolute Gasteiger partial charge is 0.494 e. The van der Waals surface area contributed by atoms with Gasteiger partial charge in [0.05, 0.1) is 29.8 Å². The van der Waals surface area contributed by atoms with Gasteiger partial charge in [-0.1, -0.05) is 6.58 Å². The standard InChI is InChI=1S/C14H15N5O5/c1-3-19(18-9(15)6-20)13-11-10(8(24-2)5-17-13)7(4-16-11)12(21)14(22)23/h3-5,16,20H,1,6H2,2H3,(H2,15,18)(H,22,23). The lowest BCUT2D eigenvalue weighted by molar-refractivity contribution is -0.131. The number of anilines is 1. The van der Waals surface area contributed by atoms with E-state index >= 15 is 0 Å². The summed E-state index contributed by atoms with van der Waals surface area (Å²) in [5.41, 5.74) is 5.71. The average molecular weight is 333 g/mol. The Balaban J connectivity index is 2.73. The van der Waals surface area contributed by atoms with Gasteiger partial charge in [0.25, 0.3) is 5.78 Å². The number of aliphatic hydroxyl groups excluding tert-OH is 1. The van der Waals surface area contributed by atoms with Crippen molar-refractivity contribution in [3.8, 4) is 5.75 Å². The van der Waals surface area contributed by atoms with Crippen LogP contribution in [0.25, 0.3) is 10.9 Å². The van der Waals surface area contributed by atoms with Crippen LogP contribution in [-0.2, 0) is 4.79 Å². The zero-order valence-corrected chi connectivity index (χ0v) is 12.7.